The average Bonchev–Trinajstić information content (AvgIpc) is 2.71. The number of carbonyl (C=O) groups excluding carboxylic acids is 2. The van der Waals surface area contributed by atoms with Crippen molar-refractivity contribution in [1.82, 2.24) is 0 Å². The molecule has 0 bridgehead atoms. The largest absolute Gasteiger partial charge is 0.488 e. The smallest absolute Gasteiger partial charge is 0.342 e. The van der Waals surface area contributed by atoms with E-state index in [1.54, 1.807) is 48.5 Å². The topological polar surface area (TPSA) is 52.6 Å². The number of hydrogen-bond donors (Lipinski definition) is 0. The number of Topliss-reactive ketones (excluding diaryl/α,β-unsaturated/α-hetero) is 1. The molecule has 0 aromatic heterocycles. The van der Waals surface area contributed by atoms with Gasteiger partial charge in [-0.25, -0.2) is 4.79 Å². The molecule has 3 aromatic carbocycles. The van der Waals surface area contributed by atoms with Gasteiger partial charge in [0.2, 0.25) is 0 Å². The van der Waals surface area contributed by atoms with Crippen LogP contribution in [0.2, 0.25) is 10.0 Å². The summed E-state index contributed by atoms with van der Waals surface area (Å²) in [6.45, 7) is -0.191. The zero-order valence-electron chi connectivity index (χ0n) is 14.7. The van der Waals surface area contributed by atoms with E-state index in [2.05, 4.69) is 0 Å². The number of hydrogen-bond acceptors (Lipinski definition) is 4. The molecular weight excluding hydrogens is 399 g/mol. The molecule has 0 heterocycles. The first-order valence-corrected chi connectivity index (χ1v) is 9.21. The maximum atomic E-state index is 12.4. The quantitative estimate of drug-likeness (QED) is 0.372. The van der Waals surface area contributed by atoms with Gasteiger partial charge < -0.3 is 9.47 Å². The molecule has 0 spiro atoms. The third-order valence-corrected chi connectivity index (χ3v) is 4.53. The highest BCUT2D eigenvalue weighted by Gasteiger charge is 2.16. The molecule has 142 valence electrons. The Kier molecular flexibility index (Phi) is 6.69. The maximum Gasteiger partial charge on any atom is 0.342 e. The number of carbonyl (C=O) groups is 2. The molecule has 3 aromatic rings. The second-order valence-corrected chi connectivity index (χ2v) is 6.73. The SMILES string of the molecule is O=C(COC(=O)c1ccccc1OCc1ccccc1Cl)c1cccc(Cl)c1. The zero-order chi connectivity index (χ0) is 19.9. The molecule has 4 nitrogen and oxygen atoms in total. The van der Waals surface area contributed by atoms with Crippen LogP contribution >= 0.6 is 23.2 Å². The molecule has 3 rings (SSSR count). The second-order valence-electron chi connectivity index (χ2n) is 5.89. The van der Waals surface area contributed by atoms with Gasteiger partial charge in [-0.1, -0.05) is 65.7 Å². The number of benzene rings is 3. The Morgan fingerprint density at radius 2 is 1.61 bits per heavy atom. The van der Waals surface area contributed by atoms with Crippen molar-refractivity contribution < 1.29 is 19.1 Å². The summed E-state index contributed by atoms with van der Waals surface area (Å²) in [4.78, 5) is 24.6. The first-order chi connectivity index (χ1) is 13.5. The predicted molar refractivity (Wildman–Crippen MR) is 108 cm³/mol. The van der Waals surface area contributed by atoms with Gasteiger partial charge in [-0.3, -0.25) is 4.79 Å². The van der Waals surface area contributed by atoms with E-state index in [1.807, 2.05) is 18.2 Å². The minimum Gasteiger partial charge on any atom is -0.488 e. The van der Waals surface area contributed by atoms with Crippen LogP contribution in [0.4, 0.5) is 0 Å². The van der Waals surface area contributed by atoms with Crippen molar-refractivity contribution in [3.8, 4) is 5.75 Å². The normalized spacial score (nSPS) is 10.4. The van der Waals surface area contributed by atoms with Crippen molar-refractivity contribution in [3.05, 3.63) is 99.5 Å². The van der Waals surface area contributed by atoms with Crippen LogP contribution in [0.3, 0.4) is 0 Å². The van der Waals surface area contributed by atoms with E-state index >= 15 is 0 Å². The monoisotopic (exact) mass is 414 g/mol. The van der Waals surface area contributed by atoms with Gasteiger partial charge >= 0.3 is 5.97 Å². The summed E-state index contributed by atoms with van der Waals surface area (Å²) < 4.78 is 10.9. The van der Waals surface area contributed by atoms with Crippen molar-refractivity contribution in [2.24, 2.45) is 0 Å². The Hall–Kier alpha value is -2.82. The number of halogens is 2. The van der Waals surface area contributed by atoms with E-state index < -0.39 is 12.6 Å². The van der Waals surface area contributed by atoms with E-state index in [0.717, 1.165) is 5.56 Å². The highest BCUT2D eigenvalue weighted by atomic mass is 35.5. The number of esters is 1. The maximum absolute atomic E-state index is 12.4. The number of ketones is 1. The van der Waals surface area contributed by atoms with Crippen LogP contribution in [0.5, 0.6) is 5.75 Å². The molecular formula is C22H16Cl2O4. The molecule has 0 N–H and O–H groups in total. The molecule has 0 saturated carbocycles. The molecule has 6 heteroatoms. The van der Waals surface area contributed by atoms with Crippen molar-refractivity contribution >= 4 is 35.0 Å². The van der Waals surface area contributed by atoms with Gasteiger partial charge in [-0.05, 0) is 30.3 Å². The molecule has 0 aliphatic rings. The van der Waals surface area contributed by atoms with E-state index in [0.29, 0.717) is 21.4 Å². The van der Waals surface area contributed by atoms with Gasteiger partial charge in [0.25, 0.3) is 0 Å². The Morgan fingerprint density at radius 1 is 0.857 bits per heavy atom. The molecule has 0 atom stereocenters. The molecule has 0 aliphatic carbocycles. The second kappa shape index (κ2) is 9.40. The highest BCUT2D eigenvalue weighted by Crippen LogP contribution is 2.23. The van der Waals surface area contributed by atoms with Crippen LogP contribution in [0.1, 0.15) is 26.3 Å². The van der Waals surface area contributed by atoms with Gasteiger partial charge in [0.1, 0.15) is 17.9 Å². The van der Waals surface area contributed by atoms with Gasteiger partial charge in [0.05, 0.1) is 0 Å². The summed E-state index contributed by atoms with van der Waals surface area (Å²) in [5, 5.41) is 1.02. The summed E-state index contributed by atoms with van der Waals surface area (Å²) in [5.41, 5.74) is 1.40. The third-order valence-electron chi connectivity index (χ3n) is 3.93. The van der Waals surface area contributed by atoms with Crippen LogP contribution in [-0.4, -0.2) is 18.4 Å². The van der Waals surface area contributed by atoms with E-state index in [4.69, 9.17) is 32.7 Å². The molecule has 0 amide bonds. The number of rotatable bonds is 7. The van der Waals surface area contributed by atoms with Crippen molar-refractivity contribution in [1.29, 1.82) is 0 Å². The minimum atomic E-state index is -0.648. The lowest BCUT2D eigenvalue weighted by atomic mass is 10.1. The first kappa shape index (κ1) is 19.9. The summed E-state index contributed by atoms with van der Waals surface area (Å²) >= 11 is 12.0. The fraction of sp³-hybridized carbons (Fsp3) is 0.0909. The average molecular weight is 415 g/mol. The van der Waals surface area contributed by atoms with Crippen LogP contribution in [-0.2, 0) is 11.3 Å². The van der Waals surface area contributed by atoms with Crippen molar-refractivity contribution in [2.75, 3.05) is 6.61 Å². The lowest BCUT2D eigenvalue weighted by Gasteiger charge is -2.12. The summed E-state index contributed by atoms with van der Waals surface area (Å²) in [5.74, 6) is -0.641. The summed E-state index contributed by atoms with van der Waals surface area (Å²) in [6.07, 6.45) is 0. The number of ether oxygens (including phenoxy) is 2. The predicted octanol–water partition coefficient (Wildman–Crippen LogP) is 5.61. The molecule has 0 fully saturated rings. The van der Waals surface area contributed by atoms with Gasteiger partial charge in [-0.15, -0.1) is 0 Å². The van der Waals surface area contributed by atoms with Crippen LogP contribution in [0, 0.1) is 0 Å². The molecule has 0 unspecified atom stereocenters. The highest BCUT2D eigenvalue weighted by molar-refractivity contribution is 6.31. The standard InChI is InChI=1S/C22H16Cl2O4/c23-17-8-5-7-15(12-17)20(25)14-28-22(26)18-9-2-4-11-21(18)27-13-16-6-1-3-10-19(16)24/h1-12H,13-14H2. The van der Waals surface area contributed by atoms with Gasteiger partial charge in [0, 0.05) is 21.2 Å². The molecule has 0 aliphatic heterocycles. The summed E-state index contributed by atoms with van der Waals surface area (Å²) in [6, 6.07) is 20.4. The van der Waals surface area contributed by atoms with E-state index in [-0.39, 0.29) is 18.0 Å². The lowest BCUT2D eigenvalue weighted by molar-refractivity contribution is 0.0470. The van der Waals surface area contributed by atoms with Crippen LogP contribution in [0.25, 0.3) is 0 Å². The fourth-order valence-electron chi connectivity index (χ4n) is 2.49. The van der Waals surface area contributed by atoms with Crippen molar-refractivity contribution in [2.45, 2.75) is 6.61 Å². The Balaban J connectivity index is 1.65. The Morgan fingerprint density at radius 3 is 2.39 bits per heavy atom. The third kappa shape index (κ3) is 5.12. The first-order valence-electron chi connectivity index (χ1n) is 8.45. The summed E-state index contributed by atoms with van der Waals surface area (Å²) in [7, 11) is 0. The lowest BCUT2D eigenvalue weighted by Crippen LogP contribution is -2.15. The molecule has 0 radical (unpaired) electrons. The van der Waals surface area contributed by atoms with Crippen LogP contribution in [0.15, 0.2) is 72.8 Å². The van der Waals surface area contributed by atoms with Crippen LogP contribution < -0.4 is 4.74 Å². The van der Waals surface area contributed by atoms with Gasteiger partial charge in [-0.2, -0.15) is 0 Å². The fourth-order valence-corrected chi connectivity index (χ4v) is 2.87. The van der Waals surface area contributed by atoms with E-state index in [1.165, 1.54) is 6.07 Å². The zero-order valence-corrected chi connectivity index (χ0v) is 16.2. The van der Waals surface area contributed by atoms with Gasteiger partial charge in [0.15, 0.2) is 12.4 Å². The number of para-hydroxylation sites is 1. The minimum absolute atomic E-state index is 0.200. The Labute approximate surface area is 172 Å². The van der Waals surface area contributed by atoms with Crippen molar-refractivity contribution in [3.63, 3.8) is 0 Å². The molecule has 0 saturated heterocycles. The molecule has 28 heavy (non-hydrogen) atoms. The van der Waals surface area contributed by atoms with E-state index in [9.17, 15) is 9.59 Å². The Bertz CT molecular complexity index is 1000.